The van der Waals surface area contributed by atoms with E-state index in [4.69, 9.17) is 0 Å². The highest BCUT2D eigenvalue weighted by molar-refractivity contribution is 7.93. The van der Waals surface area contributed by atoms with Crippen LogP contribution < -0.4 is 0 Å². The van der Waals surface area contributed by atoms with E-state index in [1.165, 1.54) is 0 Å². The van der Waals surface area contributed by atoms with Gasteiger partial charge in [0.2, 0.25) is 14.2 Å². The van der Waals surface area contributed by atoms with Gasteiger partial charge >= 0.3 is 0 Å². The maximum atomic E-state index is 10.9. The molecule has 4 nitrogen and oxygen atoms in total. The Bertz CT molecular complexity index is 289. The molecule has 1 radical (unpaired) electrons. The van der Waals surface area contributed by atoms with E-state index < -0.39 is 9.84 Å². The molecule has 0 aliphatic carbocycles. The SMILES string of the molecule is CCS(=O)(=O)c1nn[c]s1. The topological polar surface area (TPSA) is 59.9 Å². The fraction of sp³-hybridized carbons (Fsp3) is 0.500. The highest BCUT2D eigenvalue weighted by Gasteiger charge is 2.14. The van der Waals surface area contributed by atoms with Crippen LogP contribution in [0.15, 0.2) is 4.34 Å². The third kappa shape index (κ3) is 1.32. The van der Waals surface area contributed by atoms with Crippen LogP contribution in [0.1, 0.15) is 6.92 Å². The fourth-order valence-electron chi connectivity index (χ4n) is 0.390. The lowest BCUT2D eigenvalue weighted by molar-refractivity contribution is 0.595. The standard InChI is InChI=1S/C4H5N2O2S2/c1-2-10(7,8)4-6-5-3-9-4/h2H2,1H3. The van der Waals surface area contributed by atoms with Crippen molar-refractivity contribution in [3.63, 3.8) is 0 Å². The third-order valence-electron chi connectivity index (χ3n) is 0.952. The lowest BCUT2D eigenvalue weighted by atomic mass is 11.0. The highest BCUT2D eigenvalue weighted by atomic mass is 32.2. The van der Waals surface area contributed by atoms with Crippen molar-refractivity contribution >= 4 is 21.2 Å². The van der Waals surface area contributed by atoms with E-state index in [1.54, 1.807) is 6.92 Å². The van der Waals surface area contributed by atoms with Crippen molar-refractivity contribution in [1.82, 2.24) is 10.2 Å². The lowest BCUT2D eigenvalue weighted by Gasteiger charge is -1.89. The molecule has 0 spiro atoms. The van der Waals surface area contributed by atoms with Crippen LogP contribution in [0.25, 0.3) is 0 Å². The summed E-state index contributed by atoms with van der Waals surface area (Å²) in [6.45, 7) is 1.57. The summed E-state index contributed by atoms with van der Waals surface area (Å²) < 4.78 is 22.0. The zero-order valence-corrected chi connectivity index (χ0v) is 6.87. The monoisotopic (exact) mass is 177 g/mol. The molecule has 0 aromatic carbocycles. The van der Waals surface area contributed by atoms with Crippen LogP contribution >= 0.6 is 11.3 Å². The smallest absolute Gasteiger partial charge is 0.221 e. The summed E-state index contributed by atoms with van der Waals surface area (Å²) in [4.78, 5) is 0. The summed E-state index contributed by atoms with van der Waals surface area (Å²) in [5.41, 5.74) is 2.37. The molecule has 0 amide bonds. The molecule has 6 heteroatoms. The van der Waals surface area contributed by atoms with Crippen molar-refractivity contribution < 1.29 is 8.42 Å². The Hall–Kier alpha value is -0.490. The molecule has 1 rings (SSSR count). The Labute approximate surface area is 62.8 Å². The van der Waals surface area contributed by atoms with E-state index in [1.807, 2.05) is 0 Å². The first-order valence-electron chi connectivity index (χ1n) is 2.59. The summed E-state index contributed by atoms with van der Waals surface area (Å²) in [7, 11) is -3.14. The zero-order valence-electron chi connectivity index (χ0n) is 5.23. The Morgan fingerprint density at radius 3 is 2.80 bits per heavy atom. The molecule has 0 unspecified atom stereocenters. The van der Waals surface area contributed by atoms with Gasteiger partial charge in [-0.05, 0) is 0 Å². The Balaban J connectivity index is 3.09. The maximum Gasteiger partial charge on any atom is 0.233 e. The van der Waals surface area contributed by atoms with Crippen molar-refractivity contribution in [2.75, 3.05) is 5.75 Å². The second kappa shape index (κ2) is 2.63. The first kappa shape index (κ1) is 7.62. The van der Waals surface area contributed by atoms with Crippen LogP contribution in [-0.4, -0.2) is 24.4 Å². The first-order valence-corrected chi connectivity index (χ1v) is 5.06. The molecule has 0 aliphatic heterocycles. The molecule has 10 heavy (non-hydrogen) atoms. The predicted octanol–water partition coefficient (Wildman–Crippen LogP) is 0.132. The van der Waals surface area contributed by atoms with E-state index in [9.17, 15) is 8.42 Å². The van der Waals surface area contributed by atoms with Gasteiger partial charge in [-0.1, -0.05) is 18.3 Å². The van der Waals surface area contributed by atoms with Crippen molar-refractivity contribution in [3.05, 3.63) is 5.51 Å². The second-order valence-corrected chi connectivity index (χ2v) is 4.79. The second-order valence-electron chi connectivity index (χ2n) is 1.56. The van der Waals surface area contributed by atoms with Gasteiger partial charge in [0.15, 0.2) is 5.51 Å². The Morgan fingerprint density at radius 2 is 2.40 bits per heavy atom. The average molecular weight is 177 g/mol. The van der Waals surface area contributed by atoms with Crippen LogP contribution in [0.2, 0.25) is 0 Å². The largest absolute Gasteiger partial charge is 0.233 e. The highest BCUT2D eigenvalue weighted by Crippen LogP contribution is 2.10. The van der Waals surface area contributed by atoms with Gasteiger partial charge in [-0.25, -0.2) is 8.42 Å². The molecule has 0 bridgehead atoms. The Kier molecular flexibility index (Phi) is 2.00. The van der Waals surface area contributed by atoms with Gasteiger partial charge in [0.25, 0.3) is 0 Å². The normalized spacial score (nSPS) is 11.7. The molecule has 0 N–H and O–H groups in total. The van der Waals surface area contributed by atoms with Crippen LogP contribution in [0, 0.1) is 5.51 Å². The van der Waals surface area contributed by atoms with Gasteiger partial charge < -0.3 is 0 Å². The predicted molar refractivity (Wildman–Crippen MR) is 36.5 cm³/mol. The van der Waals surface area contributed by atoms with Crippen molar-refractivity contribution in [2.24, 2.45) is 0 Å². The molecule has 0 saturated carbocycles. The molecule has 1 aromatic heterocycles. The minimum Gasteiger partial charge on any atom is -0.221 e. The van der Waals surface area contributed by atoms with Gasteiger partial charge in [-0.2, -0.15) is 0 Å². The number of sulfone groups is 1. The minimum atomic E-state index is -3.14. The number of nitrogens with zero attached hydrogens (tertiary/aromatic N) is 2. The maximum absolute atomic E-state index is 10.9. The quantitative estimate of drug-likeness (QED) is 0.644. The van der Waals surface area contributed by atoms with Crippen LogP contribution in [0.4, 0.5) is 0 Å². The van der Waals surface area contributed by atoms with E-state index in [-0.39, 0.29) is 10.1 Å². The molecule has 1 heterocycles. The summed E-state index contributed by atoms with van der Waals surface area (Å²) in [6, 6.07) is 0. The van der Waals surface area contributed by atoms with Crippen LogP contribution in [0.5, 0.6) is 0 Å². The zero-order chi connectivity index (χ0) is 7.61. The third-order valence-corrected chi connectivity index (χ3v) is 3.77. The van der Waals surface area contributed by atoms with Crippen molar-refractivity contribution in [3.8, 4) is 0 Å². The van der Waals surface area contributed by atoms with Crippen molar-refractivity contribution in [2.45, 2.75) is 11.3 Å². The number of hydrogen-bond donors (Lipinski definition) is 0. The van der Waals surface area contributed by atoms with Gasteiger partial charge in [0, 0.05) is 0 Å². The minimum absolute atomic E-state index is 0.0509. The van der Waals surface area contributed by atoms with Gasteiger partial charge in [0.1, 0.15) is 0 Å². The number of aromatic nitrogens is 2. The lowest BCUT2D eigenvalue weighted by Crippen LogP contribution is -2.02. The molecular weight excluding hydrogens is 172 g/mol. The molecule has 0 aliphatic rings. The molecule has 0 atom stereocenters. The molecule has 0 saturated heterocycles. The summed E-state index contributed by atoms with van der Waals surface area (Å²) in [6.07, 6.45) is 0. The van der Waals surface area contributed by atoms with Crippen LogP contribution in [-0.2, 0) is 9.84 Å². The summed E-state index contributed by atoms with van der Waals surface area (Å²) in [5.74, 6) is 0.0655. The van der Waals surface area contributed by atoms with E-state index >= 15 is 0 Å². The Morgan fingerprint density at radius 1 is 1.70 bits per heavy atom. The summed E-state index contributed by atoms with van der Waals surface area (Å²) in [5, 5.41) is 6.68. The number of rotatable bonds is 2. The van der Waals surface area contributed by atoms with E-state index in [2.05, 4.69) is 15.7 Å². The van der Waals surface area contributed by atoms with Gasteiger partial charge in [0.05, 0.1) is 5.75 Å². The van der Waals surface area contributed by atoms with Gasteiger partial charge in [-0.15, -0.1) is 10.2 Å². The van der Waals surface area contributed by atoms with E-state index in [0.717, 1.165) is 11.3 Å². The van der Waals surface area contributed by atoms with Gasteiger partial charge in [-0.3, -0.25) is 0 Å². The molecule has 1 aromatic rings. The molecule has 0 fully saturated rings. The van der Waals surface area contributed by atoms with E-state index in [0.29, 0.717) is 0 Å². The molecule has 55 valence electrons. The first-order chi connectivity index (χ1) is 4.67. The fourth-order valence-corrected chi connectivity index (χ4v) is 2.02. The van der Waals surface area contributed by atoms with Crippen molar-refractivity contribution in [1.29, 1.82) is 0 Å². The summed E-state index contributed by atoms with van der Waals surface area (Å²) >= 11 is 0.919. The average Bonchev–Trinajstić information content (AvgIpc) is 2.38. The molecular formula is C4H5N2O2S2. The number of hydrogen-bond acceptors (Lipinski definition) is 5. The van der Waals surface area contributed by atoms with Crippen LogP contribution in [0.3, 0.4) is 0 Å².